The van der Waals surface area contributed by atoms with Crippen LogP contribution in [0, 0.1) is 0 Å². The lowest BCUT2D eigenvalue weighted by Gasteiger charge is -2.10. The zero-order valence-electron chi connectivity index (χ0n) is 9.92. The minimum Gasteiger partial charge on any atom is -0.495 e. The summed E-state index contributed by atoms with van der Waals surface area (Å²) in [7, 11) is 1.50. The number of rotatable bonds is 3. The summed E-state index contributed by atoms with van der Waals surface area (Å²) in [4.78, 5) is 15.6. The van der Waals surface area contributed by atoms with Crippen molar-refractivity contribution in [2.45, 2.75) is 0 Å². The van der Waals surface area contributed by atoms with Gasteiger partial charge in [0, 0.05) is 5.02 Å². The molecule has 0 bridgehead atoms. The Morgan fingerprint density at radius 1 is 1.32 bits per heavy atom. The Hall–Kier alpha value is -2.41. The molecule has 2 N–H and O–H groups in total. The maximum atomic E-state index is 11.8. The summed E-state index contributed by atoms with van der Waals surface area (Å²) in [5, 5.41) is 12.7. The molecule has 19 heavy (non-hydrogen) atoms. The molecule has 0 aliphatic heterocycles. The van der Waals surface area contributed by atoms with Crippen molar-refractivity contribution >= 4 is 29.1 Å². The van der Waals surface area contributed by atoms with E-state index in [-0.39, 0.29) is 5.82 Å². The number of anilines is 2. The highest BCUT2D eigenvalue weighted by Crippen LogP contribution is 2.27. The van der Waals surface area contributed by atoms with E-state index in [9.17, 15) is 4.79 Å². The highest BCUT2D eigenvalue weighted by molar-refractivity contribution is 6.31. The molecular formula is C11H10ClN5O2. The van der Waals surface area contributed by atoms with Gasteiger partial charge in [0.25, 0.3) is 0 Å². The number of benzene rings is 1. The van der Waals surface area contributed by atoms with Crippen LogP contribution in [0.15, 0.2) is 30.7 Å². The van der Waals surface area contributed by atoms with Crippen LogP contribution in [0.4, 0.5) is 16.3 Å². The normalized spacial score (nSPS) is 9.79. The number of halogens is 1. The smallest absolute Gasteiger partial charge is 0.325 e. The number of carbonyl (C=O) groups is 1. The third-order valence-electron chi connectivity index (χ3n) is 2.15. The van der Waals surface area contributed by atoms with Crippen molar-refractivity contribution in [1.29, 1.82) is 0 Å². The van der Waals surface area contributed by atoms with Crippen LogP contribution < -0.4 is 15.4 Å². The zero-order valence-corrected chi connectivity index (χ0v) is 10.7. The molecule has 98 valence electrons. The average molecular weight is 280 g/mol. The van der Waals surface area contributed by atoms with E-state index in [1.165, 1.54) is 19.6 Å². The predicted octanol–water partition coefficient (Wildman–Crippen LogP) is 2.18. The number of methoxy groups -OCH3 is 1. The molecule has 1 aromatic carbocycles. The van der Waals surface area contributed by atoms with Crippen molar-refractivity contribution in [1.82, 2.24) is 15.2 Å². The Morgan fingerprint density at radius 3 is 2.84 bits per heavy atom. The lowest BCUT2D eigenvalue weighted by atomic mass is 10.3. The second-order valence-electron chi connectivity index (χ2n) is 3.41. The molecule has 0 radical (unpaired) electrons. The number of urea groups is 1. The Balaban J connectivity index is 2.09. The Bertz CT molecular complexity index is 579. The monoisotopic (exact) mass is 279 g/mol. The molecule has 2 amide bonds. The van der Waals surface area contributed by atoms with E-state index >= 15 is 0 Å². The molecule has 7 nitrogen and oxygen atoms in total. The number of nitrogens with zero attached hydrogens (tertiary/aromatic N) is 3. The fourth-order valence-electron chi connectivity index (χ4n) is 1.35. The Labute approximate surface area is 114 Å². The van der Waals surface area contributed by atoms with Gasteiger partial charge in [0.05, 0.1) is 19.0 Å². The van der Waals surface area contributed by atoms with Crippen molar-refractivity contribution in [3.05, 3.63) is 35.7 Å². The zero-order chi connectivity index (χ0) is 13.7. The second kappa shape index (κ2) is 5.96. The number of hydrogen-bond donors (Lipinski definition) is 2. The largest absolute Gasteiger partial charge is 0.495 e. The first kappa shape index (κ1) is 13.0. The van der Waals surface area contributed by atoms with Crippen LogP contribution >= 0.6 is 11.6 Å². The molecule has 0 aliphatic carbocycles. The summed E-state index contributed by atoms with van der Waals surface area (Å²) in [5.41, 5.74) is 0.453. The molecule has 2 aromatic rings. The Kier molecular flexibility index (Phi) is 4.09. The molecule has 8 heteroatoms. The highest BCUT2D eigenvalue weighted by atomic mass is 35.5. The van der Waals surface area contributed by atoms with Gasteiger partial charge in [-0.3, -0.25) is 5.32 Å². The lowest BCUT2D eigenvalue weighted by molar-refractivity contribution is 0.262. The van der Waals surface area contributed by atoms with E-state index in [0.717, 1.165) is 0 Å². The minimum atomic E-state index is -0.485. The molecule has 0 saturated carbocycles. The molecule has 1 heterocycles. The summed E-state index contributed by atoms with van der Waals surface area (Å²) in [6.45, 7) is 0. The van der Waals surface area contributed by atoms with E-state index in [1.807, 2.05) is 0 Å². The van der Waals surface area contributed by atoms with Crippen LogP contribution in [0.25, 0.3) is 0 Å². The van der Waals surface area contributed by atoms with Gasteiger partial charge in [-0.2, -0.15) is 5.10 Å². The molecule has 0 saturated heterocycles. The van der Waals surface area contributed by atoms with Crippen LogP contribution in [0.3, 0.4) is 0 Å². The maximum absolute atomic E-state index is 11.8. The van der Waals surface area contributed by atoms with Crippen molar-refractivity contribution < 1.29 is 9.53 Å². The fourth-order valence-corrected chi connectivity index (χ4v) is 1.52. The Morgan fingerprint density at radius 2 is 2.16 bits per heavy atom. The van der Waals surface area contributed by atoms with Crippen LogP contribution in [0.1, 0.15) is 0 Å². The van der Waals surface area contributed by atoms with Gasteiger partial charge in [0.2, 0.25) is 0 Å². The summed E-state index contributed by atoms with van der Waals surface area (Å²) in [6, 6.07) is 4.42. The molecule has 0 fully saturated rings. The average Bonchev–Trinajstić information content (AvgIpc) is 2.40. The third-order valence-corrected chi connectivity index (χ3v) is 2.38. The van der Waals surface area contributed by atoms with Crippen molar-refractivity contribution in [2.24, 2.45) is 0 Å². The number of ether oxygens (including phenoxy) is 1. The van der Waals surface area contributed by atoms with Gasteiger partial charge in [-0.05, 0) is 18.2 Å². The van der Waals surface area contributed by atoms with Crippen LogP contribution in [0.5, 0.6) is 5.75 Å². The van der Waals surface area contributed by atoms with Crippen LogP contribution in [-0.4, -0.2) is 28.3 Å². The second-order valence-corrected chi connectivity index (χ2v) is 3.85. The van der Waals surface area contributed by atoms with Gasteiger partial charge < -0.3 is 10.1 Å². The van der Waals surface area contributed by atoms with Gasteiger partial charge in [0.1, 0.15) is 12.1 Å². The van der Waals surface area contributed by atoms with Gasteiger partial charge >= 0.3 is 6.03 Å². The minimum absolute atomic E-state index is 0.286. The van der Waals surface area contributed by atoms with Gasteiger partial charge in [-0.15, -0.1) is 5.10 Å². The van der Waals surface area contributed by atoms with Crippen LogP contribution in [0.2, 0.25) is 5.02 Å². The first-order valence-corrected chi connectivity index (χ1v) is 5.61. The first-order chi connectivity index (χ1) is 9.19. The van der Waals surface area contributed by atoms with Crippen LogP contribution in [-0.2, 0) is 0 Å². The summed E-state index contributed by atoms with van der Waals surface area (Å²) < 4.78 is 5.11. The number of amides is 2. The van der Waals surface area contributed by atoms with Crippen molar-refractivity contribution in [3.63, 3.8) is 0 Å². The quantitative estimate of drug-likeness (QED) is 0.899. The van der Waals surface area contributed by atoms with Gasteiger partial charge in [-0.25, -0.2) is 9.78 Å². The summed E-state index contributed by atoms with van der Waals surface area (Å²) in [6.07, 6.45) is 2.56. The molecule has 2 rings (SSSR count). The fraction of sp³-hybridized carbons (Fsp3) is 0.0909. The van der Waals surface area contributed by atoms with E-state index in [1.54, 1.807) is 18.2 Å². The number of carbonyl (C=O) groups excluding carboxylic acids is 1. The molecule has 0 aliphatic rings. The maximum Gasteiger partial charge on any atom is 0.325 e. The summed E-state index contributed by atoms with van der Waals surface area (Å²) in [5.74, 6) is 0.786. The van der Waals surface area contributed by atoms with Crippen molar-refractivity contribution in [2.75, 3.05) is 17.7 Å². The topological polar surface area (TPSA) is 89.0 Å². The highest BCUT2D eigenvalue weighted by Gasteiger charge is 2.08. The number of hydrogen-bond acceptors (Lipinski definition) is 5. The number of aromatic nitrogens is 3. The lowest BCUT2D eigenvalue weighted by Crippen LogP contribution is -2.20. The molecular weight excluding hydrogens is 270 g/mol. The molecule has 1 aromatic heterocycles. The first-order valence-electron chi connectivity index (χ1n) is 5.23. The standard InChI is InChI=1S/C11H10ClN5O2/c1-19-9-3-2-7(12)4-8(9)16-11(18)17-10-5-14-15-6-13-10/h2-6H,1H3,(H2,13,15,16,17,18). The van der Waals surface area contributed by atoms with Crippen molar-refractivity contribution in [3.8, 4) is 5.75 Å². The molecule has 0 spiro atoms. The number of nitrogens with one attached hydrogen (secondary N) is 2. The molecule has 0 atom stereocenters. The van der Waals surface area contributed by atoms with Gasteiger partial charge in [0.15, 0.2) is 5.82 Å². The SMILES string of the molecule is COc1ccc(Cl)cc1NC(=O)Nc1cnncn1. The van der Waals surface area contributed by atoms with E-state index in [2.05, 4.69) is 25.8 Å². The summed E-state index contributed by atoms with van der Waals surface area (Å²) >= 11 is 5.86. The van der Waals surface area contributed by atoms with Gasteiger partial charge in [-0.1, -0.05) is 11.6 Å². The van der Waals surface area contributed by atoms with E-state index in [0.29, 0.717) is 16.5 Å². The van der Waals surface area contributed by atoms with E-state index < -0.39 is 6.03 Å². The molecule has 0 unspecified atom stereocenters. The predicted molar refractivity (Wildman–Crippen MR) is 70.5 cm³/mol. The third kappa shape index (κ3) is 3.52. The van der Waals surface area contributed by atoms with E-state index in [4.69, 9.17) is 16.3 Å².